The van der Waals surface area contributed by atoms with E-state index in [1.807, 2.05) is 0 Å². The van der Waals surface area contributed by atoms with Crippen LogP contribution in [0.5, 0.6) is 0 Å². The van der Waals surface area contributed by atoms with Crippen LogP contribution in [0.15, 0.2) is 17.0 Å². The van der Waals surface area contributed by atoms with E-state index in [1.165, 1.54) is 6.33 Å². The maximum atomic E-state index is 5.47. The lowest BCUT2D eigenvalue weighted by Crippen LogP contribution is -2.28. The molecule has 0 aromatic carbocycles. The average molecular weight is 289 g/mol. The van der Waals surface area contributed by atoms with Gasteiger partial charge in [-0.3, -0.25) is 0 Å². The molecule has 0 saturated carbocycles. The molecular formula is C9H13BrN4S. The van der Waals surface area contributed by atoms with Gasteiger partial charge in [0, 0.05) is 25.7 Å². The molecule has 0 aliphatic heterocycles. The summed E-state index contributed by atoms with van der Waals surface area (Å²) in [5.41, 5.74) is 5.47. The number of halogens is 1. The Morgan fingerprint density at radius 1 is 1.67 bits per heavy atom. The summed E-state index contributed by atoms with van der Waals surface area (Å²) < 4.78 is 0.884. The van der Waals surface area contributed by atoms with Crippen LogP contribution in [0.1, 0.15) is 13.3 Å². The molecule has 1 rings (SSSR count). The lowest BCUT2D eigenvalue weighted by Gasteiger charge is -2.22. The zero-order valence-corrected chi connectivity index (χ0v) is 10.9. The normalized spacial score (nSPS) is 10.0. The van der Waals surface area contributed by atoms with Gasteiger partial charge in [-0.2, -0.15) is 0 Å². The van der Waals surface area contributed by atoms with E-state index in [1.54, 1.807) is 6.20 Å². The van der Waals surface area contributed by atoms with E-state index in [0.29, 0.717) is 11.4 Å². The summed E-state index contributed by atoms with van der Waals surface area (Å²) in [5.74, 6) is 0.878. The van der Waals surface area contributed by atoms with Crippen LogP contribution in [0.2, 0.25) is 0 Å². The molecular weight excluding hydrogens is 276 g/mol. The minimum atomic E-state index is 0.527. The van der Waals surface area contributed by atoms with Gasteiger partial charge in [0.1, 0.15) is 12.1 Å². The fourth-order valence-corrected chi connectivity index (χ4v) is 1.76. The van der Waals surface area contributed by atoms with Gasteiger partial charge in [0.2, 0.25) is 0 Å². The Balaban J connectivity index is 2.74. The molecule has 0 atom stereocenters. The van der Waals surface area contributed by atoms with Crippen molar-refractivity contribution >= 4 is 39.0 Å². The molecule has 1 aromatic rings. The average Bonchev–Trinajstić information content (AvgIpc) is 2.21. The van der Waals surface area contributed by atoms with Gasteiger partial charge in [-0.15, -0.1) is 0 Å². The van der Waals surface area contributed by atoms with Crippen LogP contribution in [0.25, 0.3) is 0 Å². The number of aromatic nitrogens is 2. The molecule has 4 nitrogen and oxygen atoms in total. The Hall–Kier alpha value is -0.750. The zero-order chi connectivity index (χ0) is 11.3. The summed E-state index contributed by atoms with van der Waals surface area (Å²) >= 11 is 8.27. The fourth-order valence-electron chi connectivity index (χ4n) is 1.20. The second-order valence-electron chi connectivity index (χ2n) is 2.99. The van der Waals surface area contributed by atoms with Gasteiger partial charge in [0.25, 0.3) is 0 Å². The molecule has 82 valence electrons. The van der Waals surface area contributed by atoms with Crippen molar-refractivity contribution in [2.75, 3.05) is 18.0 Å². The van der Waals surface area contributed by atoms with Crippen LogP contribution >= 0.6 is 28.1 Å². The summed E-state index contributed by atoms with van der Waals surface area (Å²) in [6.07, 6.45) is 3.95. The highest BCUT2D eigenvalue weighted by molar-refractivity contribution is 9.10. The topological polar surface area (TPSA) is 55.0 Å². The lowest BCUT2D eigenvalue weighted by atomic mass is 10.3. The van der Waals surface area contributed by atoms with Crippen LogP contribution < -0.4 is 10.6 Å². The quantitative estimate of drug-likeness (QED) is 0.837. The van der Waals surface area contributed by atoms with E-state index in [9.17, 15) is 0 Å². The van der Waals surface area contributed by atoms with Crippen molar-refractivity contribution in [2.24, 2.45) is 5.73 Å². The third kappa shape index (κ3) is 3.71. The van der Waals surface area contributed by atoms with Gasteiger partial charge in [0.05, 0.1) is 9.46 Å². The van der Waals surface area contributed by atoms with Gasteiger partial charge in [-0.05, 0) is 22.9 Å². The maximum absolute atomic E-state index is 5.47. The molecule has 15 heavy (non-hydrogen) atoms. The number of hydrogen-bond acceptors (Lipinski definition) is 4. The van der Waals surface area contributed by atoms with Crippen LogP contribution in [0.3, 0.4) is 0 Å². The molecule has 0 unspecified atom stereocenters. The SMILES string of the molecule is CCN(CCC(N)=S)c1ncncc1Br. The largest absolute Gasteiger partial charge is 0.393 e. The summed E-state index contributed by atoms with van der Waals surface area (Å²) in [4.78, 5) is 10.8. The predicted octanol–water partition coefficient (Wildman–Crippen LogP) is 1.74. The first kappa shape index (κ1) is 12.3. The summed E-state index contributed by atoms with van der Waals surface area (Å²) in [5, 5.41) is 0. The standard InChI is InChI=1S/C9H13BrN4S/c1-2-14(4-3-8(11)15)9-7(10)5-12-6-13-9/h5-6H,2-4H2,1H3,(H2,11,15). The molecule has 2 N–H and O–H groups in total. The van der Waals surface area contributed by atoms with Crippen molar-refractivity contribution in [3.8, 4) is 0 Å². The van der Waals surface area contributed by atoms with Crippen molar-refractivity contribution in [3.63, 3.8) is 0 Å². The van der Waals surface area contributed by atoms with E-state index in [-0.39, 0.29) is 0 Å². The summed E-state index contributed by atoms with van der Waals surface area (Å²) in [7, 11) is 0. The highest BCUT2D eigenvalue weighted by Gasteiger charge is 2.09. The fraction of sp³-hybridized carbons (Fsp3) is 0.444. The van der Waals surface area contributed by atoms with Gasteiger partial charge in [-0.1, -0.05) is 12.2 Å². The zero-order valence-electron chi connectivity index (χ0n) is 8.48. The smallest absolute Gasteiger partial charge is 0.146 e. The molecule has 6 heteroatoms. The van der Waals surface area contributed by atoms with Crippen molar-refractivity contribution in [3.05, 3.63) is 17.0 Å². The molecule has 0 bridgehead atoms. The third-order valence-electron chi connectivity index (χ3n) is 1.96. The molecule has 0 aliphatic rings. The number of rotatable bonds is 5. The second kappa shape index (κ2) is 5.97. The Morgan fingerprint density at radius 2 is 2.40 bits per heavy atom. The number of thiocarbonyl (C=S) groups is 1. The Labute approximate surface area is 103 Å². The first-order chi connectivity index (χ1) is 7.15. The van der Waals surface area contributed by atoms with Crippen LogP contribution in [0, 0.1) is 0 Å². The molecule has 0 amide bonds. The summed E-state index contributed by atoms with van der Waals surface area (Å²) in [6, 6.07) is 0. The van der Waals surface area contributed by atoms with Crippen molar-refractivity contribution in [2.45, 2.75) is 13.3 Å². The molecule has 0 saturated heterocycles. The Morgan fingerprint density at radius 3 is 2.93 bits per heavy atom. The lowest BCUT2D eigenvalue weighted by molar-refractivity contribution is 0.813. The molecule has 1 aromatic heterocycles. The highest BCUT2D eigenvalue weighted by Crippen LogP contribution is 2.21. The van der Waals surface area contributed by atoms with Gasteiger partial charge < -0.3 is 10.6 Å². The van der Waals surface area contributed by atoms with E-state index in [2.05, 4.69) is 37.7 Å². The first-order valence-corrected chi connectivity index (χ1v) is 5.84. The number of nitrogens with zero attached hydrogens (tertiary/aromatic N) is 3. The van der Waals surface area contributed by atoms with E-state index < -0.39 is 0 Å². The van der Waals surface area contributed by atoms with Crippen LogP contribution in [-0.4, -0.2) is 28.0 Å². The van der Waals surface area contributed by atoms with E-state index >= 15 is 0 Å². The molecule has 0 fully saturated rings. The minimum absolute atomic E-state index is 0.527. The van der Waals surface area contributed by atoms with Gasteiger partial charge in [-0.25, -0.2) is 9.97 Å². The predicted molar refractivity (Wildman–Crippen MR) is 69.0 cm³/mol. The Bertz CT molecular complexity index is 345. The second-order valence-corrected chi connectivity index (χ2v) is 4.37. The first-order valence-electron chi connectivity index (χ1n) is 4.64. The number of nitrogens with two attached hydrogens (primary N) is 1. The molecule has 0 spiro atoms. The van der Waals surface area contributed by atoms with Crippen molar-refractivity contribution in [1.29, 1.82) is 0 Å². The third-order valence-corrected chi connectivity index (χ3v) is 2.72. The molecule has 0 aliphatic carbocycles. The van der Waals surface area contributed by atoms with Gasteiger partial charge >= 0.3 is 0 Å². The van der Waals surface area contributed by atoms with Crippen LogP contribution in [0.4, 0.5) is 5.82 Å². The Kier molecular flexibility index (Phi) is 4.90. The van der Waals surface area contributed by atoms with E-state index in [4.69, 9.17) is 18.0 Å². The molecule has 1 heterocycles. The number of hydrogen-bond donors (Lipinski definition) is 1. The highest BCUT2D eigenvalue weighted by atomic mass is 79.9. The van der Waals surface area contributed by atoms with Gasteiger partial charge in [0.15, 0.2) is 0 Å². The maximum Gasteiger partial charge on any atom is 0.146 e. The summed E-state index contributed by atoms with van der Waals surface area (Å²) in [6.45, 7) is 3.70. The monoisotopic (exact) mass is 288 g/mol. The van der Waals surface area contributed by atoms with Crippen molar-refractivity contribution < 1.29 is 0 Å². The van der Waals surface area contributed by atoms with Crippen LogP contribution in [-0.2, 0) is 0 Å². The minimum Gasteiger partial charge on any atom is -0.393 e. The van der Waals surface area contributed by atoms with Crippen molar-refractivity contribution in [1.82, 2.24) is 9.97 Å². The molecule has 0 radical (unpaired) electrons. The van der Waals surface area contributed by atoms with E-state index in [0.717, 1.165) is 23.4 Å². The number of anilines is 1.